The van der Waals surface area contributed by atoms with Crippen molar-refractivity contribution in [3.63, 3.8) is 0 Å². The van der Waals surface area contributed by atoms with Crippen LogP contribution in [-0.4, -0.2) is 22.6 Å². The van der Waals surface area contributed by atoms with Crippen LogP contribution >= 0.6 is 0 Å². The minimum Gasteiger partial charge on any atom is -0.497 e. The fourth-order valence-corrected chi connectivity index (χ4v) is 2.46. The first-order valence-corrected chi connectivity index (χ1v) is 8.12. The zero-order valence-corrected chi connectivity index (χ0v) is 14.6. The van der Waals surface area contributed by atoms with Gasteiger partial charge in [-0.25, -0.2) is 4.98 Å². The van der Waals surface area contributed by atoms with Gasteiger partial charge in [0.1, 0.15) is 12.3 Å². The van der Waals surface area contributed by atoms with Crippen LogP contribution in [0.15, 0.2) is 65.7 Å². The van der Waals surface area contributed by atoms with Gasteiger partial charge in [-0.05, 0) is 43.3 Å². The molecule has 6 nitrogen and oxygen atoms in total. The Labute approximate surface area is 151 Å². The first-order chi connectivity index (χ1) is 12.5. The van der Waals surface area contributed by atoms with E-state index < -0.39 is 0 Å². The molecule has 6 heteroatoms. The number of benzene rings is 2. The third-order valence-electron chi connectivity index (χ3n) is 3.91. The van der Waals surface area contributed by atoms with Crippen LogP contribution in [0.1, 0.15) is 5.56 Å². The van der Waals surface area contributed by atoms with Gasteiger partial charge >= 0.3 is 0 Å². The van der Waals surface area contributed by atoms with E-state index in [0.29, 0.717) is 11.4 Å². The maximum Gasteiger partial charge on any atom is 0.254 e. The van der Waals surface area contributed by atoms with Gasteiger partial charge in [-0.2, -0.15) is 0 Å². The number of methoxy groups -OCH3 is 1. The normalized spacial score (nSPS) is 10.4. The van der Waals surface area contributed by atoms with Crippen molar-refractivity contribution in [2.45, 2.75) is 13.5 Å². The largest absolute Gasteiger partial charge is 0.497 e. The van der Waals surface area contributed by atoms with E-state index in [2.05, 4.69) is 10.3 Å². The highest BCUT2D eigenvalue weighted by molar-refractivity contribution is 5.90. The van der Waals surface area contributed by atoms with Gasteiger partial charge in [0.05, 0.1) is 19.1 Å². The average molecular weight is 349 g/mol. The molecule has 0 aliphatic heterocycles. The fraction of sp³-hybridized carbons (Fsp3) is 0.150. The lowest BCUT2D eigenvalue weighted by Gasteiger charge is -2.08. The van der Waals surface area contributed by atoms with Crippen LogP contribution in [0.4, 0.5) is 5.69 Å². The molecule has 0 spiro atoms. The summed E-state index contributed by atoms with van der Waals surface area (Å²) in [6.07, 6.45) is 1.39. The molecule has 0 fully saturated rings. The number of carbonyl (C=O) groups is 1. The van der Waals surface area contributed by atoms with E-state index in [9.17, 15) is 9.59 Å². The molecule has 26 heavy (non-hydrogen) atoms. The van der Waals surface area contributed by atoms with Crippen molar-refractivity contribution in [1.82, 2.24) is 9.55 Å². The zero-order chi connectivity index (χ0) is 18.5. The third kappa shape index (κ3) is 4.16. The Morgan fingerprint density at radius 1 is 1.12 bits per heavy atom. The molecule has 0 aliphatic rings. The SMILES string of the molecule is COc1ccc(-c2cc(=O)n(CC(=O)Nc3ccc(C)cc3)cn2)cc1. The second-order valence-electron chi connectivity index (χ2n) is 5.88. The summed E-state index contributed by atoms with van der Waals surface area (Å²) in [7, 11) is 1.59. The van der Waals surface area contributed by atoms with Gasteiger partial charge < -0.3 is 10.1 Å². The predicted molar refractivity (Wildman–Crippen MR) is 100 cm³/mol. The van der Waals surface area contributed by atoms with Gasteiger partial charge in [-0.1, -0.05) is 17.7 Å². The molecule has 2 aromatic carbocycles. The van der Waals surface area contributed by atoms with Crippen LogP contribution in [0.5, 0.6) is 5.75 Å². The van der Waals surface area contributed by atoms with E-state index >= 15 is 0 Å². The number of aryl methyl sites for hydroxylation is 1. The minimum absolute atomic E-state index is 0.0946. The summed E-state index contributed by atoms with van der Waals surface area (Å²) >= 11 is 0. The smallest absolute Gasteiger partial charge is 0.254 e. The maximum absolute atomic E-state index is 12.3. The Morgan fingerprint density at radius 2 is 1.81 bits per heavy atom. The van der Waals surface area contributed by atoms with Crippen molar-refractivity contribution in [3.05, 3.63) is 76.8 Å². The van der Waals surface area contributed by atoms with Gasteiger partial charge in [0.2, 0.25) is 5.91 Å². The molecular formula is C20H19N3O3. The lowest BCUT2D eigenvalue weighted by molar-refractivity contribution is -0.116. The Kier molecular flexibility index (Phi) is 5.12. The fourth-order valence-electron chi connectivity index (χ4n) is 2.46. The van der Waals surface area contributed by atoms with E-state index in [0.717, 1.165) is 16.9 Å². The molecule has 0 saturated heterocycles. The van der Waals surface area contributed by atoms with Crippen molar-refractivity contribution in [2.24, 2.45) is 0 Å². The molecule has 1 heterocycles. The monoisotopic (exact) mass is 349 g/mol. The Morgan fingerprint density at radius 3 is 2.42 bits per heavy atom. The van der Waals surface area contributed by atoms with Gasteiger partial charge in [0.15, 0.2) is 0 Å². The Hall–Kier alpha value is -3.41. The van der Waals surface area contributed by atoms with Gasteiger partial charge in [0.25, 0.3) is 5.56 Å². The summed E-state index contributed by atoms with van der Waals surface area (Å²) in [5.74, 6) is 0.449. The highest BCUT2D eigenvalue weighted by Gasteiger charge is 2.08. The van der Waals surface area contributed by atoms with Crippen LogP contribution in [0, 0.1) is 6.92 Å². The number of aromatic nitrogens is 2. The average Bonchev–Trinajstić information content (AvgIpc) is 2.65. The number of anilines is 1. The van der Waals surface area contributed by atoms with E-state index in [-0.39, 0.29) is 18.0 Å². The second-order valence-corrected chi connectivity index (χ2v) is 5.88. The molecule has 0 radical (unpaired) electrons. The number of hydrogen-bond acceptors (Lipinski definition) is 4. The molecule has 0 aliphatic carbocycles. The molecular weight excluding hydrogens is 330 g/mol. The predicted octanol–water partition coefficient (Wildman–Crippen LogP) is 2.87. The topological polar surface area (TPSA) is 73.2 Å². The number of carbonyl (C=O) groups excluding carboxylic acids is 1. The molecule has 1 N–H and O–H groups in total. The molecule has 1 amide bonds. The van der Waals surface area contributed by atoms with E-state index in [1.54, 1.807) is 19.2 Å². The van der Waals surface area contributed by atoms with Crippen molar-refractivity contribution in [1.29, 1.82) is 0 Å². The number of nitrogens with zero attached hydrogens (tertiary/aromatic N) is 2. The van der Waals surface area contributed by atoms with Crippen LogP contribution in [-0.2, 0) is 11.3 Å². The van der Waals surface area contributed by atoms with E-state index in [4.69, 9.17) is 4.74 Å². The molecule has 3 rings (SSSR count). The maximum atomic E-state index is 12.3. The van der Waals surface area contributed by atoms with Crippen molar-refractivity contribution in [2.75, 3.05) is 12.4 Å². The van der Waals surface area contributed by atoms with E-state index in [1.807, 2.05) is 43.3 Å². The molecule has 0 atom stereocenters. The van der Waals surface area contributed by atoms with Gasteiger partial charge in [-0.15, -0.1) is 0 Å². The highest BCUT2D eigenvalue weighted by atomic mass is 16.5. The Balaban J connectivity index is 1.71. The van der Waals surface area contributed by atoms with Crippen molar-refractivity contribution >= 4 is 11.6 Å². The molecule has 1 aromatic heterocycles. The molecule has 0 bridgehead atoms. The molecule has 3 aromatic rings. The number of amides is 1. The van der Waals surface area contributed by atoms with E-state index in [1.165, 1.54) is 17.0 Å². The van der Waals surface area contributed by atoms with Crippen LogP contribution < -0.4 is 15.6 Å². The van der Waals surface area contributed by atoms with Crippen LogP contribution in [0.2, 0.25) is 0 Å². The standard InChI is InChI=1S/C20H19N3O3/c1-14-3-7-16(8-4-14)22-19(24)12-23-13-21-18(11-20(23)25)15-5-9-17(26-2)10-6-15/h3-11,13H,12H2,1-2H3,(H,22,24). The summed E-state index contributed by atoms with van der Waals surface area (Å²) in [6.45, 7) is 1.88. The highest BCUT2D eigenvalue weighted by Crippen LogP contribution is 2.19. The van der Waals surface area contributed by atoms with Gasteiger partial charge in [-0.3, -0.25) is 14.2 Å². The molecule has 0 saturated carbocycles. The summed E-state index contributed by atoms with van der Waals surface area (Å²) in [4.78, 5) is 28.7. The lowest BCUT2D eigenvalue weighted by Crippen LogP contribution is -2.27. The van der Waals surface area contributed by atoms with Crippen molar-refractivity contribution in [3.8, 4) is 17.0 Å². The van der Waals surface area contributed by atoms with Gasteiger partial charge in [0, 0.05) is 17.3 Å². The number of nitrogens with one attached hydrogen (secondary N) is 1. The lowest BCUT2D eigenvalue weighted by atomic mass is 10.1. The quantitative estimate of drug-likeness (QED) is 0.769. The van der Waals surface area contributed by atoms with Crippen LogP contribution in [0.25, 0.3) is 11.3 Å². The number of hydrogen-bond donors (Lipinski definition) is 1. The summed E-state index contributed by atoms with van der Waals surface area (Å²) in [5, 5.41) is 2.76. The third-order valence-corrected chi connectivity index (χ3v) is 3.91. The summed E-state index contributed by atoms with van der Waals surface area (Å²) < 4.78 is 6.39. The Bertz CT molecular complexity index is 961. The zero-order valence-electron chi connectivity index (χ0n) is 14.6. The second kappa shape index (κ2) is 7.65. The first-order valence-electron chi connectivity index (χ1n) is 8.12. The first kappa shape index (κ1) is 17.4. The number of ether oxygens (including phenoxy) is 1. The molecule has 132 valence electrons. The molecule has 0 unspecified atom stereocenters. The summed E-state index contributed by atoms with van der Waals surface area (Å²) in [6, 6.07) is 16.1. The van der Waals surface area contributed by atoms with Crippen LogP contribution in [0.3, 0.4) is 0 Å². The van der Waals surface area contributed by atoms with Crippen molar-refractivity contribution < 1.29 is 9.53 Å². The number of rotatable bonds is 5. The summed E-state index contributed by atoms with van der Waals surface area (Å²) in [5.41, 5.74) is 2.87. The minimum atomic E-state index is -0.287.